The molecular formula is C32H34O14. The molecule has 1 aliphatic heterocycles. The number of benzene rings is 2. The molecule has 3 rings (SSSR count). The van der Waals surface area contributed by atoms with Gasteiger partial charge in [-0.15, -0.1) is 0 Å². The largest absolute Gasteiger partial charge is 0.463 e. The van der Waals surface area contributed by atoms with Crippen LogP contribution in [-0.4, -0.2) is 73.1 Å². The Balaban J connectivity index is 2.01. The van der Waals surface area contributed by atoms with E-state index in [2.05, 4.69) is 0 Å². The first-order chi connectivity index (χ1) is 21.7. The van der Waals surface area contributed by atoms with Crippen LogP contribution in [0.2, 0.25) is 0 Å². The number of rotatable bonds is 11. The average molecular weight is 643 g/mol. The lowest BCUT2D eigenvalue weighted by molar-refractivity contribution is -0.288. The summed E-state index contributed by atoms with van der Waals surface area (Å²) < 4.78 is 43.8. The van der Waals surface area contributed by atoms with Crippen LogP contribution in [0.1, 0.15) is 52.7 Å². The highest BCUT2D eigenvalue weighted by molar-refractivity contribution is 5.74. The van der Waals surface area contributed by atoms with Crippen LogP contribution in [0.5, 0.6) is 17.2 Å². The van der Waals surface area contributed by atoms with Crippen molar-refractivity contribution in [1.29, 1.82) is 0 Å². The van der Waals surface area contributed by atoms with E-state index in [1.165, 1.54) is 19.9 Å². The summed E-state index contributed by atoms with van der Waals surface area (Å²) >= 11 is 0. The Labute approximate surface area is 264 Å². The smallest absolute Gasteiger partial charge is 0.308 e. The third-order valence-corrected chi connectivity index (χ3v) is 5.97. The van der Waals surface area contributed by atoms with Gasteiger partial charge in [-0.2, -0.15) is 0 Å². The van der Waals surface area contributed by atoms with E-state index in [0.29, 0.717) is 11.3 Å². The van der Waals surface area contributed by atoms with E-state index < -0.39 is 73.1 Å². The molecule has 0 N–H and O–H groups in total. The van der Waals surface area contributed by atoms with Crippen molar-refractivity contribution in [2.45, 2.75) is 72.2 Å². The lowest BCUT2D eigenvalue weighted by Gasteiger charge is -2.43. The van der Waals surface area contributed by atoms with E-state index in [-0.39, 0.29) is 11.5 Å². The number of hydrogen-bond acceptors (Lipinski definition) is 14. The fourth-order valence-electron chi connectivity index (χ4n) is 4.41. The molecule has 1 fully saturated rings. The highest BCUT2D eigenvalue weighted by atomic mass is 16.7. The maximum atomic E-state index is 12.1. The molecule has 0 saturated carbocycles. The second-order valence-corrected chi connectivity index (χ2v) is 10.0. The van der Waals surface area contributed by atoms with Gasteiger partial charge in [-0.25, -0.2) is 0 Å². The van der Waals surface area contributed by atoms with Crippen molar-refractivity contribution in [2.24, 2.45) is 0 Å². The highest BCUT2D eigenvalue weighted by Crippen LogP contribution is 2.33. The molecule has 14 heteroatoms. The van der Waals surface area contributed by atoms with Crippen LogP contribution < -0.4 is 14.2 Å². The number of hydrogen-bond donors (Lipinski definition) is 0. The first-order valence-corrected chi connectivity index (χ1v) is 14.0. The van der Waals surface area contributed by atoms with Gasteiger partial charge in [0.2, 0.25) is 12.4 Å². The summed E-state index contributed by atoms with van der Waals surface area (Å²) in [5.74, 6) is -3.54. The minimum absolute atomic E-state index is 0.0736. The molecule has 0 aromatic heterocycles. The standard InChI is InChI=1S/C32H34O14/c1-17(33)39-16-28-29(42-20(4)36)30(43-21(5)37)31(44-22(6)38)32(46-28)45-27-14-24(13-26(15-27)41-19(3)35)8-7-23-9-11-25(12-10-23)40-18(2)34/h7-15,28-32H,16H2,1-6H3/b8-7+/t28-,29-,30+,31-,32-/m1/s1. The Morgan fingerprint density at radius 3 is 1.67 bits per heavy atom. The van der Waals surface area contributed by atoms with Crippen molar-refractivity contribution in [1.82, 2.24) is 0 Å². The highest BCUT2D eigenvalue weighted by Gasteiger charge is 2.53. The Bertz CT molecular complexity index is 1480. The van der Waals surface area contributed by atoms with Crippen LogP contribution in [0.4, 0.5) is 0 Å². The Morgan fingerprint density at radius 2 is 1.11 bits per heavy atom. The van der Waals surface area contributed by atoms with Crippen LogP contribution >= 0.6 is 0 Å². The van der Waals surface area contributed by atoms with E-state index in [4.69, 9.17) is 37.9 Å². The molecule has 0 radical (unpaired) electrons. The van der Waals surface area contributed by atoms with Gasteiger partial charge in [0.15, 0.2) is 12.2 Å². The molecule has 1 aliphatic rings. The molecule has 1 saturated heterocycles. The lowest BCUT2D eigenvalue weighted by Crippen LogP contribution is -2.63. The Hall–Kier alpha value is -5.24. The minimum Gasteiger partial charge on any atom is -0.463 e. The summed E-state index contributed by atoms with van der Waals surface area (Å²) in [6.07, 6.45) is -3.56. The maximum Gasteiger partial charge on any atom is 0.308 e. The van der Waals surface area contributed by atoms with E-state index in [1.807, 2.05) is 0 Å². The number of carbonyl (C=O) groups is 6. The van der Waals surface area contributed by atoms with Gasteiger partial charge in [-0.3, -0.25) is 28.8 Å². The molecule has 0 aliphatic carbocycles. The first-order valence-electron chi connectivity index (χ1n) is 14.0. The van der Waals surface area contributed by atoms with E-state index in [0.717, 1.165) is 33.3 Å². The van der Waals surface area contributed by atoms with Gasteiger partial charge in [0.05, 0.1) is 0 Å². The summed E-state index contributed by atoms with van der Waals surface area (Å²) in [5, 5.41) is 0. The molecule has 1 heterocycles. The third kappa shape index (κ3) is 11.0. The topological polar surface area (TPSA) is 176 Å². The summed E-state index contributed by atoms with van der Waals surface area (Å²) in [4.78, 5) is 70.8. The van der Waals surface area contributed by atoms with Crippen molar-refractivity contribution in [3.63, 3.8) is 0 Å². The predicted molar refractivity (Wildman–Crippen MR) is 157 cm³/mol. The van der Waals surface area contributed by atoms with Crippen molar-refractivity contribution in [2.75, 3.05) is 6.61 Å². The second-order valence-electron chi connectivity index (χ2n) is 10.0. The van der Waals surface area contributed by atoms with Gasteiger partial charge in [0.1, 0.15) is 30.0 Å². The number of carbonyl (C=O) groups excluding carboxylic acids is 6. The van der Waals surface area contributed by atoms with Gasteiger partial charge in [-0.1, -0.05) is 24.3 Å². The summed E-state index contributed by atoms with van der Waals surface area (Å²) in [5.41, 5.74) is 1.25. The van der Waals surface area contributed by atoms with E-state index in [9.17, 15) is 28.8 Å². The van der Waals surface area contributed by atoms with Gasteiger partial charge in [-0.05, 0) is 35.4 Å². The predicted octanol–water partition coefficient (Wildman–Crippen LogP) is 3.17. The van der Waals surface area contributed by atoms with Gasteiger partial charge < -0.3 is 37.9 Å². The minimum atomic E-state index is -1.50. The van der Waals surface area contributed by atoms with Gasteiger partial charge in [0, 0.05) is 47.6 Å². The zero-order valence-electron chi connectivity index (χ0n) is 26.0. The zero-order valence-corrected chi connectivity index (χ0v) is 26.0. The lowest BCUT2D eigenvalue weighted by atomic mass is 9.98. The third-order valence-electron chi connectivity index (χ3n) is 5.97. The number of ether oxygens (including phenoxy) is 8. The van der Waals surface area contributed by atoms with Crippen LogP contribution in [0.15, 0.2) is 42.5 Å². The normalized spacial score (nSPS) is 20.6. The maximum absolute atomic E-state index is 12.1. The molecule has 2 aromatic rings. The molecule has 46 heavy (non-hydrogen) atoms. The van der Waals surface area contributed by atoms with Crippen LogP contribution in [0.3, 0.4) is 0 Å². The fourth-order valence-corrected chi connectivity index (χ4v) is 4.41. The first kappa shape index (κ1) is 35.2. The van der Waals surface area contributed by atoms with Crippen molar-refractivity contribution < 1.29 is 66.7 Å². The monoisotopic (exact) mass is 642 g/mol. The SMILES string of the molecule is CC(=O)OC[C@H]1O[C@@H](Oc2cc(/C=C/c3ccc(OC(C)=O)cc3)cc(OC(C)=O)c2)[C@H](OC(C)=O)[C@@H](OC(C)=O)[C@@H]1OC(C)=O. The van der Waals surface area contributed by atoms with E-state index >= 15 is 0 Å². The Kier molecular flexibility index (Phi) is 12.4. The fraction of sp³-hybridized carbons (Fsp3) is 0.375. The van der Waals surface area contributed by atoms with E-state index in [1.54, 1.807) is 48.6 Å². The summed E-state index contributed by atoms with van der Waals surface area (Å²) in [6.45, 7) is 6.56. The van der Waals surface area contributed by atoms with Crippen LogP contribution in [0, 0.1) is 0 Å². The molecular weight excluding hydrogens is 608 g/mol. The van der Waals surface area contributed by atoms with Gasteiger partial charge >= 0.3 is 35.8 Å². The Morgan fingerprint density at radius 1 is 0.587 bits per heavy atom. The quantitative estimate of drug-likeness (QED) is 0.151. The molecule has 0 amide bonds. The van der Waals surface area contributed by atoms with Crippen molar-refractivity contribution in [3.05, 3.63) is 53.6 Å². The summed E-state index contributed by atoms with van der Waals surface area (Å²) in [7, 11) is 0. The van der Waals surface area contributed by atoms with Crippen LogP contribution in [0.25, 0.3) is 12.2 Å². The summed E-state index contributed by atoms with van der Waals surface area (Å²) in [6, 6.07) is 11.2. The van der Waals surface area contributed by atoms with Gasteiger partial charge in [0.25, 0.3) is 0 Å². The molecule has 5 atom stereocenters. The average Bonchev–Trinajstić information content (AvgIpc) is 2.93. The van der Waals surface area contributed by atoms with Crippen LogP contribution in [-0.2, 0) is 52.5 Å². The molecule has 0 unspecified atom stereocenters. The van der Waals surface area contributed by atoms with Crippen molar-refractivity contribution in [3.8, 4) is 17.2 Å². The molecule has 0 spiro atoms. The molecule has 0 bridgehead atoms. The molecule has 246 valence electrons. The molecule has 2 aromatic carbocycles. The molecule has 14 nitrogen and oxygen atoms in total. The zero-order chi connectivity index (χ0) is 34.0. The second kappa shape index (κ2) is 16.2. The number of esters is 6. The van der Waals surface area contributed by atoms with Crippen molar-refractivity contribution >= 4 is 48.0 Å².